The number of hydrogen-bond donors (Lipinski definition) is 1. The van der Waals surface area contributed by atoms with Crippen molar-refractivity contribution in [2.75, 3.05) is 51.4 Å². The first-order valence-corrected chi connectivity index (χ1v) is 10.7. The van der Waals surface area contributed by atoms with Gasteiger partial charge in [-0.15, -0.1) is 0 Å². The molecule has 2 heterocycles. The summed E-state index contributed by atoms with van der Waals surface area (Å²) >= 11 is 0. The zero-order chi connectivity index (χ0) is 19.8. The molecular weight excluding hydrogens is 382 g/mol. The lowest BCUT2D eigenvalue weighted by molar-refractivity contribution is 0.0730. The second-order valence-corrected chi connectivity index (χ2v) is 8.01. The lowest BCUT2D eigenvalue weighted by atomic mass is 10.3. The number of anilines is 1. The molecule has 1 aliphatic heterocycles. The number of sulfonamides is 1. The van der Waals surface area contributed by atoms with Gasteiger partial charge in [-0.05, 0) is 43.3 Å². The molecule has 1 aromatic carbocycles. The molecule has 1 fully saturated rings. The number of aromatic nitrogens is 1. The van der Waals surface area contributed by atoms with Gasteiger partial charge in [0.05, 0.1) is 26.4 Å². The molecular formula is C19H25N3O5S. The molecule has 0 bridgehead atoms. The smallest absolute Gasteiger partial charge is 0.244 e. The number of nitrogens with one attached hydrogen (secondary N) is 1. The van der Waals surface area contributed by atoms with Crippen LogP contribution in [0.2, 0.25) is 0 Å². The lowest BCUT2D eigenvalue weighted by Gasteiger charge is -2.25. The summed E-state index contributed by atoms with van der Waals surface area (Å²) in [5.41, 5.74) is 0. The topological polar surface area (TPSA) is 90.0 Å². The van der Waals surface area contributed by atoms with Crippen LogP contribution in [0.1, 0.15) is 6.92 Å². The van der Waals surface area contributed by atoms with Gasteiger partial charge in [0.25, 0.3) is 0 Å². The third kappa shape index (κ3) is 5.34. The van der Waals surface area contributed by atoms with Gasteiger partial charge in [-0.2, -0.15) is 4.31 Å². The van der Waals surface area contributed by atoms with E-state index in [0.29, 0.717) is 51.9 Å². The van der Waals surface area contributed by atoms with Crippen molar-refractivity contribution in [3.63, 3.8) is 0 Å². The number of nitrogens with zero attached hydrogens (tertiary/aromatic N) is 2. The minimum atomic E-state index is -3.52. The molecule has 0 radical (unpaired) electrons. The molecule has 0 aliphatic carbocycles. The molecule has 0 unspecified atom stereocenters. The second kappa shape index (κ2) is 9.72. The van der Waals surface area contributed by atoms with Crippen molar-refractivity contribution in [1.29, 1.82) is 0 Å². The minimum Gasteiger partial charge on any atom is -0.494 e. The van der Waals surface area contributed by atoms with Gasteiger partial charge in [-0.1, -0.05) is 0 Å². The summed E-state index contributed by atoms with van der Waals surface area (Å²) in [6, 6.07) is 10.7. The van der Waals surface area contributed by atoms with E-state index in [9.17, 15) is 8.42 Å². The summed E-state index contributed by atoms with van der Waals surface area (Å²) < 4.78 is 42.8. The maximum absolute atomic E-state index is 12.6. The Morgan fingerprint density at radius 3 is 2.36 bits per heavy atom. The summed E-state index contributed by atoms with van der Waals surface area (Å²) in [5, 5.41) is 3.12. The number of morpholine rings is 1. The molecule has 9 heteroatoms. The van der Waals surface area contributed by atoms with Gasteiger partial charge in [0.2, 0.25) is 10.0 Å². The van der Waals surface area contributed by atoms with E-state index in [4.69, 9.17) is 14.2 Å². The van der Waals surface area contributed by atoms with E-state index in [2.05, 4.69) is 10.3 Å². The van der Waals surface area contributed by atoms with Crippen molar-refractivity contribution in [3.05, 3.63) is 42.6 Å². The maximum Gasteiger partial charge on any atom is 0.244 e. The molecule has 1 saturated heterocycles. The average molecular weight is 407 g/mol. The number of ether oxygens (including phenoxy) is 3. The van der Waals surface area contributed by atoms with Gasteiger partial charge < -0.3 is 19.5 Å². The Morgan fingerprint density at radius 1 is 1.07 bits per heavy atom. The summed E-state index contributed by atoms with van der Waals surface area (Å²) in [6.07, 6.45) is 1.38. The first kappa shape index (κ1) is 20.4. The van der Waals surface area contributed by atoms with Crippen LogP contribution >= 0.6 is 0 Å². The van der Waals surface area contributed by atoms with Crippen LogP contribution in [-0.2, 0) is 14.8 Å². The van der Waals surface area contributed by atoms with Crippen molar-refractivity contribution in [2.24, 2.45) is 0 Å². The zero-order valence-corrected chi connectivity index (χ0v) is 16.7. The lowest BCUT2D eigenvalue weighted by Crippen LogP contribution is -2.40. The Hall–Kier alpha value is -2.36. The predicted molar refractivity (Wildman–Crippen MR) is 105 cm³/mol. The molecule has 0 spiro atoms. The highest BCUT2D eigenvalue weighted by Gasteiger charge is 2.26. The standard InChI is InChI=1S/C19H25N3O5S/c1-2-26-16-3-5-17(6-4-16)27-12-9-20-19-8-7-18(15-21-19)28(23,24)22-10-13-25-14-11-22/h3-8,15H,2,9-14H2,1H3,(H,20,21). The first-order valence-electron chi connectivity index (χ1n) is 9.23. The largest absolute Gasteiger partial charge is 0.494 e. The van der Waals surface area contributed by atoms with E-state index in [1.807, 2.05) is 31.2 Å². The van der Waals surface area contributed by atoms with Crippen LogP contribution in [-0.4, -0.2) is 63.8 Å². The number of hydrogen-bond acceptors (Lipinski definition) is 7. The van der Waals surface area contributed by atoms with E-state index < -0.39 is 10.0 Å². The van der Waals surface area contributed by atoms with Crippen molar-refractivity contribution in [1.82, 2.24) is 9.29 Å². The SMILES string of the molecule is CCOc1ccc(OCCNc2ccc(S(=O)(=O)N3CCOCC3)cn2)cc1. The first-order chi connectivity index (χ1) is 13.6. The van der Waals surface area contributed by atoms with Crippen LogP contribution in [0.25, 0.3) is 0 Å². The molecule has 1 aromatic heterocycles. The van der Waals surface area contributed by atoms with E-state index in [1.165, 1.54) is 10.5 Å². The molecule has 0 amide bonds. The molecule has 0 saturated carbocycles. The molecule has 8 nitrogen and oxygen atoms in total. The van der Waals surface area contributed by atoms with Gasteiger partial charge in [0.15, 0.2) is 0 Å². The van der Waals surface area contributed by atoms with Gasteiger partial charge in [-0.25, -0.2) is 13.4 Å². The van der Waals surface area contributed by atoms with Crippen molar-refractivity contribution < 1.29 is 22.6 Å². The van der Waals surface area contributed by atoms with E-state index in [-0.39, 0.29) is 4.90 Å². The summed E-state index contributed by atoms with van der Waals surface area (Å²) in [6.45, 7) is 5.12. The summed E-state index contributed by atoms with van der Waals surface area (Å²) in [7, 11) is -3.52. The maximum atomic E-state index is 12.6. The van der Waals surface area contributed by atoms with Crippen LogP contribution in [0.3, 0.4) is 0 Å². The highest BCUT2D eigenvalue weighted by molar-refractivity contribution is 7.89. The van der Waals surface area contributed by atoms with Crippen LogP contribution in [0.15, 0.2) is 47.5 Å². The van der Waals surface area contributed by atoms with Gasteiger partial charge in [0, 0.05) is 19.3 Å². The quantitative estimate of drug-likeness (QED) is 0.636. The fourth-order valence-electron chi connectivity index (χ4n) is 2.72. The average Bonchev–Trinajstić information content (AvgIpc) is 2.73. The Balaban J connectivity index is 1.46. The fourth-order valence-corrected chi connectivity index (χ4v) is 4.07. The minimum absolute atomic E-state index is 0.186. The Kier molecular flexibility index (Phi) is 7.07. The molecule has 2 aromatic rings. The third-order valence-corrected chi connectivity index (χ3v) is 6.04. The highest BCUT2D eigenvalue weighted by atomic mass is 32.2. The van der Waals surface area contributed by atoms with Gasteiger partial charge in [-0.3, -0.25) is 0 Å². The molecule has 28 heavy (non-hydrogen) atoms. The van der Waals surface area contributed by atoms with Crippen molar-refractivity contribution in [3.8, 4) is 11.5 Å². The number of rotatable bonds is 9. The molecule has 1 N–H and O–H groups in total. The Morgan fingerprint density at radius 2 is 1.75 bits per heavy atom. The van der Waals surface area contributed by atoms with Crippen LogP contribution in [0.5, 0.6) is 11.5 Å². The van der Waals surface area contributed by atoms with Crippen LogP contribution in [0, 0.1) is 0 Å². The second-order valence-electron chi connectivity index (χ2n) is 6.08. The number of benzene rings is 1. The Labute approximate surface area is 165 Å². The Bertz CT molecular complexity index is 835. The van der Waals surface area contributed by atoms with E-state index in [0.717, 1.165) is 11.5 Å². The van der Waals surface area contributed by atoms with E-state index in [1.54, 1.807) is 12.1 Å². The van der Waals surface area contributed by atoms with E-state index >= 15 is 0 Å². The fraction of sp³-hybridized carbons (Fsp3) is 0.421. The highest BCUT2D eigenvalue weighted by Crippen LogP contribution is 2.18. The van der Waals surface area contributed by atoms with Crippen molar-refractivity contribution in [2.45, 2.75) is 11.8 Å². The molecule has 0 atom stereocenters. The predicted octanol–water partition coefficient (Wildman–Crippen LogP) is 1.99. The normalized spacial score (nSPS) is 15.2. The van der Waals surface area contributed by atoms with Crippen molar-refractivity contribution >= 4 is 15.8 Å². The van der Waals surface area contributed by atoms with Crippen LogP contribution in [0.4, 0.5) is 5.82 Å². The van der Waals surface area contributed by atoms with Crippen LogP contribution < -0.4 is 14.8 Å². The molecule has 1 aliphatic rings. The van der Waals surface area contributed by atoms with Gasteiger partial charge in [0.1, 0.15) is 28.8 Å². The number of pyridine rings is 1. The monoisotopic (exact) mass is 407 g/mol. The molecule has 152 valence electrons. The zero-order valence-electron chi connectivity index (χ0n) is 15.8. The summed E-state index contributed by atoms with van der Waals surface area (Å²) in [4.78, 5) is 4.38. The molecule has 3 rings (SSSR count). The van der Waals surface area contributed by atoms with Gasteiger partial charge >= 0.3 is 0 Å². The summed E-state index contributed by atoms with van der Waals surface area (Å²) in [5.74, 6) is 2.16. The third-order valence-electron chi connectivity index (χ3n) is 4.16.